The molecule has 1 saturated carbocycles. The first-order chi connectivity index (χ1) is 23.8. The minimum absolute atomic E-state index is 0.145. The molecule has 0 spiro atoms. The topological polar surface area (TPSA) is 149 Å². The number of aliphatic hydroxyl groups excluding tert-OH is 5. The van der Waals surface area contributed by atoms with Crippen LogP contribution in [0.2, 0.25) is 0 Å². The standard InChI is InChI=1S/C40H79NO8/c1-4-6-7-8-9-10-11-12-13-14-15-16-17-18-19-20-21-22-23-24-25-26-27-28-36(43)41-33(38(45)34(42)5-2)31-49-35-29-32(30-48-3)37(44)40(47)39(35)46/h32-35,37-40,42,44-47H,4-31H2,1-3H3,(H,41,43). The summed E-state index contributed by atoms with van der Waals surface area (Å²) in [5.41, 5.74) is 0. The summed E-state index contributed by atoms with van der Waals surface area (Å²) < 4.78 is 11.0. The third kappa shape index (κ3) is 22.0. The van der Waals surface area contributed by atoms with Crippen LogP contribution in [0.15, 0.2) is 0 Å². The SMILES string of the molecule is CCCCCCCCCCCCCCCCCCCCCCCCCC(=O)NC(COC1CC(COC)C(O)C(O)C1O)C(O)C(O)CC. The summed E-state index contributed by atoms with van der Waals surface area (Å²) in [5.74, 6) is -0.636. The van der Waals surface area contributed by atoms with E-state index >= 15 is 0 Å². The Kier molecular flexibility index (Phi) is 29.0. The van der Waals surface area contributed by atoms with E-state index in [1.54, 1.807) is 6.92 Å². The second-order valence-corrected chi connectivity index (χ2v) is 15.0. The molecule has 1 aliphatic rings. The number of aliphatic hydroxyl groups is 5. The Labute approximate surface area is 300 Å². The van der Waals surface area contributed by atoms with Crippen LogP contribution in [0.5, 0.6) is 0 Å². The number of amides is 1. The van der Waals surface area contributed by atoms with Crippen molar-refractivity contribution in [1.82, 2.24) is 5.32 Å². The maximum atomic E-state index is 12.7. The Morgan fingerprint density at radius 2 is 1.08 bits per heavy atom. The van der Waals surface area contributed by atoms with Gasteiger partial charge in [0.1, 0.15) is 18.3 Å². The Balaban J connectivity index is 2.09. The van der Waals surface area contributed by atoms with Gasteiger partial charge in [0.05, 0.1) is 37.6 Å². The van der Waals surface area contributed by atoms with Crippen molar-refractivity contribution in [2.75, 3.05) is 20.3 Å². The van der Waals surface area contributed by atoms with E-state index in [4.69, 9.17) is 9.47 Å². The Morgan fingerprint density at radius 3 is 1.49 bits per heavy atom. The molecule has 1 amide bonds. The zero-order valence-corrected chi connectivity index (χ0v) is 31.9. The Morgan fingerprint density at radius 1 is 0.653 bits per heavy atom. The van der Waals surface area contributed by atoms with Gasteiger partial charge in [0, 0.05) is 19.4 Å². The highest BCUT2D eigenvalue weighted by Crippen LogP contribution is 2.28. The number of methoxy groups -OCH3 is 1. The molecule has 8 unspecified atom stereocenters. The van der Waals surface area contributed by atoms with Gasteiger partial charge >= 0.3 is 0 Å². The van der Waals surface area contributed by atoms with Crippen molar-refractivity contribution in [3.63, 3.8) is 0 Å². The van der Waals surface area contributed by atoms with Crippen molar-refractivity contribution in [3.8, 4) is 0 Å². The largest absolute Gasteiger partial charge is 0.390 e. The molecule has 9 nitrogen and oxygen atoms in total. The Hall–Kier alpha value is -0.810. The van der Waals surface area contributed by atoms with Crippen LogP contribution in [-0.4, -0.2) is 94.4 Å². The first kappa shape index (κ1) is 46.2. The highest BCUT2D eigenvalue weighted by Gasteiger charge is 2.43. The van der Waals surface area contributed by atoms with Crippen LogP contribution >= 0.6 is 0 Å². The second kappa shape index (κ2) is 30.8. The number of carbonyl (C=O) groups is 1. The fraction of sp³-hybridized carbons (Fsp3) is 0.975. The van der Waals surface area contributed by atoms with Gasteiger partial charge in [0.25, 0.3) is 0 Å². The monoisotopic (exact) mass is 702 g/mol. The van der Waals surface area contributed by atoms with E-state index in [2.05, 4.69) is 12.2 Å². The van der Waals surface area contributed by atoms with Gasteiger partial charge in [-0.15, -0.1) is 0 Å². The lowest BCUT2D eigenvalue weighted by molar-refractivity contribution is -0.183. The molecule has 292 valence electrons. The summed E-state index contributed by atoms with van der Waals surface area (Å²) in [6.45, 7) is 4.08. The van der Waals surface area contributed by atoms with E-state index in [0.29, 0.717) is 12.8 Å². The third-order valence-electron chi connectivity index (χ3n) is 10.5. The molecule has 8 atom stereocenters. The lowest BCUT2D eigenvalue weighted by Gasteiger charge is -2.40. The number of nitrogens with one attached hydrogen (secondary N) is 1. The lowest BCUT2D eigenvalue weighted by atomic mass is 9.81. The summed E-state index contributed by atoms with van der Waals surface area (Å²) in [6, 6.07) is -0.871. The molecule has 0 saturated heterocycles. The normalized spacial score (nSPS) is 23.0. The van der Waals surface area contributed by atoms with Gasteiger partial charge in [0.15, 0.2) is 0 Å². The minimum Gasteiger partial charge on any atom is -0.390 e. The summed E-state index contributed by atoms with van der Waals surface area (Å²) in [6.07, 6.45) is 24.3. The highest BCUT2D eigenvalue weighted by atomic mass is 16.5. The molecule has 0 aromatic carbocycles. The number of hydrogen-bond acceptors (Lipinski definition) is 8. The number of carbonyl (C=O) groups excluding carboxylic acids is 1. The lowest BCUT2D eigenvalue weighted by Crippen LogP contribution is -2.57. The van der Waals surface area contributed by atoms with Crippen molar-refractivity contribution in [2.24, 2.45) is 5.92 Å². The van der Waals surface area contributed by atoms with Gasteiger partial charge in [-0.1, -0.05) is 155 Å². The number of hydrogen-bond donors (Lipinski definition) is 6. The number of unbranched alkanes of at least 4 members (excludes halogenated alkanes) is 22. The fourth-order valence-electron chi connectivity index (χ4n) is 7.14. The van der Waals surface area contributed by atoms with Crippen LogP contribution in [0.25, 0.3) is 0 Å². The molecular weight excluding hydrogens is 622 g/mol. The van der Waals surface area contributed by atoms with E-state index < -0.39 is 48.6 Å². The zero-order valence-electron chi connectivity index (χ0n) is 31.9. The zero-order chi connectivity index (χ0) is 36.1. The van der Waals surface area contributed by atoms with Crippen molar-refractivity contribution in [2.45, 2.75) is 223 Å². The highest BCUT2D eigenvalue weighted by molar-refractivity contribution is 5.76. The van der Waals surface area contributed by atoms with Gasteiger partial charge in [-0.2, -0.15) is 0 Å². The van der Waals surface area contributed by atoms with Crippen molar-refractivity contribution < 1.29 is 39.8 Å². The van der Waals surface area contributed by atoms with Gasteiger partial charge in [0.2, 0.25) is 5.91 Å². The van der Waals surface area contributed by atoms with Crippen LogP contribution < -0.4 is 5.32 Å². The molecule has 0 aliphatic heterocycles. The quantitative estimate of drug-likeness (QED) is 0.0397. The Bertz CT molecular complexity index is 758. The summed E-state index contributed by atoms with van der Waals surface area (Å²) >= 11 is 0. The predicted molar refractivity (Wildman–Crippen MR) is 198 cm³/mol. The molecule has 0 radical (unpaired) electrons. The average Bonchev–Trinajstić information content (AvgIpc) is 3.10. The van der Waals surface area contributed by atoms with Crippen molar-refractivity contribution in [1.29, 1.82) is 0 Å². The molecule has 0 bridgehead atoms. The van der Waals surface area contributed by atoms with Gasteiger partial charge < -0.3 is 40.3 Å². The third-order valence-corrected chi connectivity index (χ3v) is 10.5. The summed E-state index contributed by atoms with van der Waals surface area (Å²) in [5, 5.41) is 54.7. The molecule has 0 aromatic rings. The minimum atomic E-state index is -1.39. The first-order valence-corrected chi connectivity index (χ1v) is 20.6. The van der Waals surface area contributed by atoms with E-state index in [-0.39, 0.29) is 25.5 Å². The van der Waals surface area contributed by atoms with Crippen LogP contribution in [0.1, 0.15) is 181 Å². The average molecular weight is 702 g/mol. The molecule has 6 N–H and O–H groups in total. The van der Waals surface area contributed by atoms with Gasteiger partial charge in [-0.25, -0.2) is 0 Å². The van der Waals surface area contributed by atoms with E-state index in [1.807, 2.05) is 0 Å². The molecule has 49 heavy (non-hydrogen) atoms. The van der Waals surface area contributed by atoms with Crippen LogP contribution in [-0.2, 0) is 14.3 Å². The molecule has 1 aliphatic carbocycles. The first-order valence-electron chi connectivity index (χ1n) is 20.6. The summed E-state index contributed by atoms with van der Waals surface area (Å²) in [7, 11) is 1.50. The maximum absolute atomic E-state index is 12.7. The fourth-order valence-corrected chi connectivity index (χ4v) is 7.14. The molecule has 1 fully saturated rings. The second-order valence-electron chi connectivity index (χ2n) is 15.0. The number of rotatable bonds is 33. The summed E-state index contributed by atoms with van der Waals surface area (Å²) in [4.78, 5) is 12.7. The van der Waals surface area contributed by atoms with E-state index in [9.17, 15) is 30.3 Å². The molecule has 0 heterocycles. The van der Waals surface area contributed by atoms with Gasteiger partial charge in [-0.05, 0) is 19.3 Å². The predicted octanol–water partition coefficient (Wildman–Crippen LogP) is 7.12. The van der Waals surface area contributed by atoms with Gasteiger partial charge in [-0.3, -0.25) is 4.79 Å². The van der Waals surface area contributed by atoms with E-state index in [0.717, 1.165) is 19.3 Å². The molecule has 0 aromatic heterocycles. The molecular formula is C40H79NO8. The van der Waals surface area contributed by atoms with Crippen molar-refractivity contribution in [3.05, 3.63) is 0 Å². The molecule has 1 rings (SSSR count). The van der Waals surface area contributed by atoms with Crippen LogP contribution in [0.3, 0.4) is 0 Å². The smallest absolute Gasteiger partial charge is 0.220 e. The van der Waals surface area contributed by atoms with Crippen LogP contribution in [0, 0.1) is 5.92 Å². The number of ether oxygens (including phenoxy) is 2. The van der Waals surface area contributed by atoms with Crippen LogP contribution in [0.4, 0.5) is 0 Å². The maximum Gasteiger partial charge on any atom is 0.220 e. The van der Waals surface area contributed by atoms with Crippen molar-refractivity contribution >= 4 is 5.91 Å². The van der Waals surface area contributed by atoms with E-state index in [1.165, 1.54) is 136 Å². The molecule has 9 heteroatoms.